The standard InChI is InChI=1S/C9H12BrNO3S2/c10-8-5-6-15-9(8)16(12,13)11-14-7-3-1-2-4-7/h5-7,11H,1-4H2. The predicted molar refractivity (Wildman–Crippen MR) is 65.7 cm³/mol. The van der Waals surface area contributed by atoms with Gasteiger partial charge in [-0.3, -0.25) is 4.84 Å². The first-order valence-electron chi connectivity index (χ1n) is 5.00. The third-order valence-electron chi connectivity index (χ3n) is 2.46. The Morgan fingerprint density at radius 1 is 1.44 bits per heavy atom. The van der Waals surface area contributed by atoms with Gasteiger partial charge in [0, 0.05) is 4.47 Å². The number of nitrogens with one attached hydrogen (secondary N) is 1. The number of halogens is 1. The molecule has 0 amide bonds. The third-order valence-corrected chi connectivity index (χ3v) is 6.32. The smallest absolute Gasteiger partial charge is 0.273 e. The highest BCUT2D eigenvalue weighted by Gasteiger charge is 2.23. The second-order valence-corrected chi connectivity index (χ2v) is 7.28. The molecule has 0 radical (unpaired) electrons. The quantitative estimate of drug-likeness (QED) is 0.866. The van der Waals surface area contributed by atoms with E-state index in [1.54, 1.807) is 11.4 Å². The summed E-state index contributed by atoms with van der Waals surface area (Å²) in [5, 5.41) is 1.72. The van der Waals surface area contributed by atoms with Crippen molar-refractivity contribution in [3.05, 3.63) is 15.9 Å². The van der Waals surface area contributed by atoms with Gasteiger partial charge in [-0.1, -0.05) is 17.7 Å². The van der Waals surface area contributed by atoms with Crippen LogP contribution in [0, 0.1) is 0 Å². The summed E-state index contributed by atoms with van der Waals surface area (Å²) in [6.07, 6.45) is 4.08. The van der Waals surface area contributed by atoms with Crippen LogP contribution in [0.1, 0.15) is 25.7 Å². The molecular weight excluding hydrogens is 314 g/mol. The Labute approximate surface area is 107 Å². The molecule has 4 nitrogen and oxygen atoms in total. The highest BCUT2D eigenvalue weighted by molar-refractivity contribution is 9.10. The summed E-state index contributed by atoms with van der Waals surface area (Å²) in [5.74, 6) is 0. The zero-order chi connectivity index (χ0) is 11.6. The van der Waals surface area contributed by atoms with Gasteiger partial charge in [0.1, 0.15) is 0 Å². The molecule has 0 bridgehead atoms. The maximum absolute atomic E-state index is 11.8. The van der Waals surface area contributed by atoms with Crippen molar-refractivity contribution >= 4 is 37.3 Å². The summed E-state index contributed by atoms with van der Waals surface area (Å²) < 4.78 is 24.5. The van der Waals surface area contributed by atoms with E-state index < -0.39 is 10.0 Å². The maximum atomic E-state index is 11.8. The van der Waals surface area contributed by atoms with Crippen LogP contribution >= 0.6 is 27.3 Å². The first-order chi connectivity index (χ1) is 7.59. The summed E-state index contributed by atoms with van der Waals surface area (Å²) in [6, 6.07) is 1.70. The Balaban J connectivity index is 2.00. The predicted octanol–water partition coefficient (Wildman–Crippen LogP) is 2.66. The van der Waals surface area contributed by atoms with Crippen molar-refractivity contribution in [1.29, 1.82) is 0 Å². The van der Waals surface area contributed by atoms with Gasteiger partial charge in [0.05, 0.1) is 6.10 Å². The second kappa shape index (κ2) is 5.14. The van der Waals surface area contributed by atoms with Crippen molar-refractivity contribution in [3.63, 3.8) is 0 Å². The van der Waals surface area contributed by atoms with Crippen LogP contribution in [-0.2, 0) is 14.9 Å². The Morgan fingerprint density at radius 3 is 2.69 bits per heavy atom. The van der Waals surface area contributed by atoms with Crippen LogP contribution in [-0.4, -0.2) is 14.5 Å². The van der Waals surface area contributed by atoms with Crippen molar-refractivity contribution in [2.45, 2.75) is 36.0 Å². The Hall–Kier alpha value is 0.0500. The molecule has 1 aliphatic carbocycles. The molecule has 16 heavy (non-hydrogen) atoms. The van der Waals surface area contributed by atoms with Crippen LogP contribution in [0.5, 0.6) is 0 Å². The highest BCUT2D eigenvalue weighted by Crippen LogP contribution is 2.28. The molecule has 1 fully saturated rings. The summed E-state index contributed by atoms with van der Waals surface area (Å²) in [5.41, 5.74) is 0. The Morgan fingerprint density at radius 2 is 2.12 bits per heavy atom. The molecule has 7 heteroatoms. The molecule has 0 spiro atoms. The summed E-state index contributed by atoms with van der Waals surface area (Å²) in [4.78, 5) is 7.39. The maximum Gasteiger partial charge on any atom is 0.273 e. The van der Waals surface area contributed by atoms with Crippen LogP contribution in [0.2, 0.25) is 0 Å². The molecule has 90 valence electrons. The normalized spacial score (nSPS) is 18.1. The van der Waals surface area contributed by atoms with Crippen molar-refractivity contribution in [1.82, 2.24) is 4.89 Å². The van der Waals surface area contributed by atoms with E-state index in [4.69, 9.17) is 4.84 Å². The minimum Gasteiger partial charge on any atom is -0.284 e. The summed E-state index contributed by atoms with van der Waals surface area (Å²) in [6.45, 7) is 0. The van der Waals surface area contributed by atoms with E-state index in [0.29, 0.717) is 4.47 Å². The monoisotopic (exact) mass is 325 g/mol. The molecule has 0 atom stereocenters. The fourth-order valence-corrected chi connectivity index (χ4v) is 4.82. The zero-order valence-corrected chi connectivity index (χ0v) is 11.7. The molecule has 0 aromatic carbocycles. The van der Waals surface area contributed by atoms with Gasteiger partial charge in [-0.25, -0.2) is 8.42 Å². The molecular formula is C9H12BrNO3S2. The van der Waals surface area contributed by atoms with Gasteiger partial charge >= 0.3 is 0 Å². The average Bonchev–Trinajstić information content (AvgIpc) is 2.85. The number of hydrogen-bond donors (Lipinski definition) is 1. The molecule has 1 aromatic heterocycles. The number of thiophene rings is 1. The molecule has 1 heterocycles. The van der Waals surface area contributed by atoms with Gasteiger partial charge in [-0.15, -0.1) is 11.3 Å². The first-order valence-corrected chi connectivity index (χ1v) is 8.15. The second-order valence-electron chi connectivity index (χ2n) is 3.67. The zero-order valence-electron chi connectivity index (χ0n) is 8.48. The van der Waals surface area contributed by atoms with Crippen molar-refractivity contribution in [3.8, 4) is 0 Å². The van der Waals surface area contributed by atoms with E-state index in [1.807, 2.05) is 0 Å². The highest BCUT2D eigenvalue weighted by atomic mass is 79.9. The average molecular weight is 326 g/mol. The number of hydrogen-bond acceptors (Lipinski definition) is 4. The van der Waals surface area contributed by atoms with Crippen molar-refractivity contribution in [2.75, 3.05) is 0 Å². The number of sulfonamides is 1. The lowest BCUT2D eigenvalue weighted by Gasteiger charge is -2.11. The largest absolute Gasteiger partial charge is 0.284 e. The lowest BCUT2D eigenvalue weighted by atomic mass is 10.3. The molecule has 1 aliphatic rings. The number of rotatable bonds is 4. The fourth-order valence-electron chi connectivity index (χ4n) is 1.65. The SMILES string of the molecule is O=S(=O)(NOC1CCCC1)c1sccc1Br. The topological polar surface area (TPSA) is 55.4 Å². The molecule has 0 aliphatic heterocycles. The van der Waals surface area contributed by atoms with E-state index in [0.717, 1.165) is 37.0 Å². The van der Waals surface area contributed by atoms with Crippen LogP contribution in [0.4, 0.5) is 0 Å². The Kier molecular flexibility index (Phi) is 4.01. The van der Waals surface area contributed by atoms with Crippen molar-refractivity contribution in [2.24, 2.45) is 0 Å². The van der Waals surface area contributed by atoms with Gasteiger partial charge in [0.2, 0.25) is 0 Å². The van der Waals surface area contributed by atoms with Crippen LogP contribution in [0.25, 0.3) is 0 Å². The van der Waals surface area contributed by atoms with E-state index in [1.165, 1.54) is 0 Å². The van der Waals surface area contributed by atoms with E-state index in [2.05, 4.69) is 20.8 Å². The van der Waals surface area contributed by atoms with Gasteiger partial charge in [-0.2, -0.15) is 0 Å². The molecule has 0 unspecified atom stereocenters. The molecule has 1 aromatic rings. The van der Waals surface area contributed by atoms with Gasteiger partial charge in [0.25, 0.3) is 10.0 Å². The van der Waals surface area contributed by atoms with Gasteiger partial charge < -0.3 is 0 Å². The van der Waals surface area contributed by atoms with Gasteiger partial charge in [0.15, 0.2) is 4.21 Å². The molecule has 1 saturated carbocycles. The first kappa shape index (κ1) is 12.5. The van der Waals surface area contributed by atoms with Crippen LogP contribution in [0.15, 0.2) is 20.1 Å². The van der Waals surface area contributed by atoms with Crippen LogP contribution in [0.3, 0.4) is 0 Å². The molecule has 0 saturated heterocycles. The molecule has 2 rings (SSSR count). The minimum absolute atomic E-state index is 0.0218. The minimum atomic E-state index is -3.54. The summed E-state index contributed by atoms with van der Waals surface area (Å²) in [7, 11) is -3.54. The van der Waals surface area contributed by atoms with Crippen molar-refractivity contribution < 1.29 is 13.3 Å². The lowest BCUT2D eigenvalue weighted by molar-refractivity contribution is 0.0224. The lowest BCUT2D eigenvalue weighted by Crippen LogP contribution is -2.28. The fraction of sp³-hybridized carbons (Fsp3) is 0.556. The van der Waals surface area contributed by atoms with Crippen LogP contribution < -0.4 is 4.89 Å². The third kappa shape index (κ3) is 2.84. The Bertz CT molecular complexity index is 451. The van der Waals surface area contributed by atoms with E-state index in [-0.39, 0.29) is 10.3 Å². The van der Waals surface area contributed by atoms with E-state index >= 15 is 0 Å². The van der Waals surface area contributed by atoms with E-state index in [9.17, 15) is 8.42 Å². The summed E-state index contributed by atoms with van der Waals surface area (Å²) >= 11 is 4.35. The molecule has 1 N–H and O–H groups in total. The van der Waals surface area contributed by atoms with Gasteiger partial charge in [-0.05, 0) is 40.2 Å².